The lowest BCUT2D eigenvalue weighted by atomic mass is 10.0. The number of halogens is 3. The number of aryl methyl sites for hydroxylation is 2. The van der Waals surface area contributed by atoms with Crippen LogP contribution < -0.4 is 0 Å². The van der Waals surface area contributed by atoms with E-state index in [0.717, 1.165) is 0 Å². The predicted molar refractivity (Wildman–Crippen MR) is 47.7 cm³/mol. The quantitative estimate of drug-likeness (QED) is 0.808. The Bertz CT molecular complexity index is 374. The summed E-state index contributed by atoms with van der Waals surface area (Å²) < 4.78 is 48.8. The molecule has 0 bridgehead atoms. The number of nitrogens with zero attached hydrogens (tertiary/aromatic N) is 1. The molecular weight excluding hydrogens is 225 g/mol. The monoisotopic (exact) mass is 236 g/mol. The number of nitrogens with one attached hydrogen (secondary N) is 1. The minimum atomic E-state index is -4.62. The molecule has 2 rings (SSSR count). The van der Waals surface area contributed by atoms with E-state index in [0.29, 0.717) is 5.69 Å². The van der Waals surface area contributed by atoms with Gasteiger partial charge in [0, 0.05) is 5.69 Å². The molecule has 1 aliphatic rings. The normalized spacial score (nSPS) is 20.3. The Kier molecular flexibility index (Phi) is 2.47. The molecule has 90 valence electrons. The van der Waals surface area contributed by atoms with Crippen molar-refractivity contribution in [3.8, 4) is 0 Å². The summed E-state index contributed by atoms with van der Waals surface area (Å²) in [6.07, 6.45) is -4.62. The van der Waals surface area contributed by atoms with E-state index in [4.69, 9.17) is 9.47 Å². The van der Waals surface area contributed by atoms with Crippen LogP contribution in [0.4, 0.5) is 13.2 Å². The summed E-state index contributed by atoms with van der Waals surface area (Å²) >= 11 is 0. The fourth-order valence-electron chi connectivity index (χ4n) is 1.90. The molecule has 0 atom stereocenters. The second-order valence-corrected chi connectivity index (χ2v) is 3.62. The Morgan fingerprint density at radius 1 is 1.25 bits per heavy atom. The molecule has 0 amide bonds. The van der Waals surface area contributed by atoms with Gasteiger partial charge in [-0.1, -0.05) is 0 Å². The number of alkyl halides is 3. The molecular formula is C9H11F3N2O2. The minimum absolute atomic E-state index is 0.0718. The molecule has 1 aliphatic heterocycles. The molecule has 0 aromatic carbocycles. The highest BCUT2D eigenvalue weighted by Crippen LogP contribution is 2.47. The summed E-state index contributed by atoms with van der Waals surface area (Å²) in [5.74, 6) is -2.66. The van der Waals surface area contributed by atoms with Gasteiger partial charge < -0.3 is 9.47 Å². The number of aromatic amines is 1. The van der Waals surface area contributed by atoms with Crippen LogP contribution in [0.25, 0.3) is 0 Å². The third-order valence-corrected chi connectivity index (χ3v) is 2.52. The predicted octanol–water partition coefficient (Wildman–Crippen LogP) is 1.79. The van der Waals surface area contributed by atoms with Crippen LogP contribution in [0.5, 0.6) is 0 Å². The van der Waals surface area contributed by atoms with Gasteiger partial charge in [0.05, 0.1) is 24.5 Å². The lowest BCUT2D eigenvalue weighted by molar-refractivity contribution is -0.353. The van der Waals surface area contributed by atoms with Crippen molar-refractivity contribution in [2.24, 2.45) is 0 Å². The molecule has 1 aromatic rings. The molecule has 7 heteroatoms. The second-order valence-electron chi connectivity index (χ2n) is 3.62. The summed E-state index contributed by atoms with van der Waals surface area (Å²) in [6, 6.07) is 0. The largest absolute Gasteiger partial charge is 0.448 e. The van der Waals surface area contributed by atoms with Crippen molar-refractivity contribution in [2.45, 2.75) is 25.8 Å². The summed E-state index contributed by atoms with van der Waals surface area (Å²) in [5, 5.41) is 6.23. The standard InChI is InChI=1S/C9H11F3N2O2/c1-5-7(6(2)14-13-5)8(9(10,11)12)15-3-4-16-8/h3-4H2,1-2H3,(H,13,14). The molecule has 2 heterocycles. The molecule has 0 aliphatic carbocycles. The molecule has 1 saturated heterocycles. The Balaban J connectivity index is 2.57. The van der Waals surface area contributed by atoms with E-state index >= 15 is 0 Å². The van der Waals surface area contributed by atoms with Gasteiger partial charge in [0.2, 0.25) is 0 Å². The molecule has 4 nitrogen and oxygen atoms in total. The topological polar surface area (TPSA) is 47.1 Å². The highest BCUT2D eigenvalue weighted by atomic mass is 19.4. The van der Waals surface area contributed by atoms with Gasteiger partial charge in [-0.15, -0.1) is 0 Å². The van der Waals surface area contributed by atoms with Crippen LogP contribution in [0.2, 0.25) is 0 Å². The Labute approximate surface area is 89.7 Å². The van der Waals surface area contributed by atoms with E-state index < -0.39 is 12.0 Å². The molecule has 0 saturated carbocycles. The molecule has 16 heavy (non-hydrogen) atoms. The summed E-state index contributed by atoms with van der Waals surface area (Å²) in [4.78, 5) is 0. The van der Waals surface area contributed by atoms with Crippen LogP contribution in [0, 0.1) is 13.8 Å². The smallest absolute Gasteiger partial charge is 0.336 e. The Morgan fingerprint density at radius 3 is 2.19 bits per heavy atom. The third-order valence-electron chi connectivity index (χ3n) is 2.52. The van der Waals surface area contributed by atoms with E-state index in [9.17, 15) is 13.2 Å². The lowest BCUT2D eigenvalue weighted by Crippen LogP contribution is -2.44. The van der Waals surface area contributed by atoms with Crippen LogP contribution in [0.3, 0.4) is 0 Å². The number of hydrogen-bond donors (Lipinski definition) is 1. The first kappa shape index (κ1) is 11.4. The van der Waals surface area contributed by atoms with Gasteiger partial charge in [-0.05, 0) is 13.8 Å². The third kappa shape index (κ3) is 1.42. The lowest BCUT2D eigenvalue weighted by Gasteiger charge is -2.29. The molecule has 1 N–H and O–H groups in total. The SMILES string of the molecule is Cc1n[nH]c(C)c1C1(C(F)(F)F)OCCO1. The van der Waals surface area contributed by atoms with Gasteiger partial charge in [-0.3, -0.25) is 5.10 Å². The van der Waals surface area contributed by atoms with E-state index in [-0.39, 0.29) is 24.5 Å². The van der Waals surface area contributed by atoms with Crippen LogP contribution in [-0.4, -0.2) is 29.6 Å². The van der Waals surface area contributed by atoms with Crippen molar-refractivity contribution in [2.75, 3.05) is 13.2 Å². The van der Waals surface area contributed by atoms with Gasteiger partial charge in [0.1, 0.15) is 0 Å². The average Bonchev–Trinajstić information content (AvgIpc) is 2.73. The molecule has 1 aromatic heterocycles. The fraction of sp³-hybridized carbons (Fsp3) is 0.667. The summed E-state index contributed by atoms with van der Waals surface area (Å²) in [5.41, 5.74) is 0.464. The zero-order valence-electron chi connectivity index (χ0n) is 8.81. The van der Waals surface area contributed by atoms with Crippen molar-refractivity contribution in [1.29, 1.82) is 0 Å². The van der Waals surface area contributed by atoms with Gasteiger partial charge in [0.15, 0.2) is 0 Å². The zero-order chi connectivity index (χ0) is 12.0. The van der Waals surface area contributed by atoms with Gasteiger partial charge in [-0.2, -0.15) is 18.3 Å². The van der Waals surface area contributed by atoms with Crippen LogP contribution in [-0.2, 0) is 15.3 Å². The fourth-order valence-corrected chi connectivity index (χ4v) is 1.90. The number of aromatic nitrogens is 2. The number of hydrogen-bond acceptors (Lipinski definition) is 3. The maximum Gasteiger partial charge on any atom is 0.448 e. The molecule has 0 unspecified atom stereocenters. The Morgan fingerprint density at radius 2 is 1.81 bits per heavy atom. The average molecular weight is 236 g/mol. The maximum absolute atomic E-state index is 13.0. The number of H-pyrrole nitrogens is 1. The number of ether oxygens (including phenoxy) is 2. The maximum atomic E-state index is 13.0. The summed E-state index contributed by atoms with van der Waals surface area (Å²) in [6.45, 7) is 2.83. The van der Waals surface area contributed by atoms with Gasteiger partial charge in [-0.25, -0.2) is 0 Å². The van der Waals surface area contributed by atoms with Crippen LogP contribution in [0.15, 0.2) is 0 Å². The van der Waals surface area contributed by atoms with Crippen molar-refractivity contribution in [3.63, 3.8) is 0 Å². The first-order chi connectivity index (χ1) is 7.38. The number of rotatable bonds is 1. The van der Waals surface area contributed by atoms with Crippen molar-refractivity contribution in [3.05, 3.63) is 17.0 Å². The second kappa shape index (κ2) is 3.46. The van der Waals surface area contributed by atoms with Crippen molar-refractivity contribution in [1.82, 2.24) is 10.2 Å². The van der Waals surface area contributed by atoms with E-state index in [2.05, 4.69) is 10.2 Å². The van der Waals surface area contributed by atoms with Crippen LogP contribution in [0.1, 0.15) is 17.0 Å². The first-order valence-electron chi connectivity index (χ1n) is 4.75. The van der Waals surface area contributed by atoms with Crippen molar-refractivity contribution < 1.29 is 22.6 Å². The van der Waals surface area contributed by atoms with Gasteiger partial charge >= 0.3 is 6.18 Å². The Hall–Kier alpha value is -1.08. The highest BCUT2D eigenvalue weighted by Gasteiger charge is 2.63. The van der Waals surface area contributed by atoms with Gasteiger partial charge in [0.25, 0.3) is 5.79 Å². The molecule has 0 spiro atoms. The molecule has 1 fully saturated rings. The van der Waals surface area contributed by atoms with E-state index in [1.807, 2.05) is 0 Å². The van der Waals surface area contributed by atoms with E-state index in [1.165, 1.54) is 13.8 Å². The highest BCUT2D eigenvalue weighted by molar-refractivity contribution is 5.30. The van der Waals surface area contributed by atoms with E-state index in [1.54, 1.807) is 0 Å². The van der Waals surface area contributed by atoms with Crippen molar-refractivity contribution >= 4 is 0 Å². The zero-order valence-corrected chi connectivity index (χ0v) is 8.81. The minimum Gasteiger partial charge on any atom is -0.336 e. The van der Waals surface area contributed by atoms with Crippen LogP contribution >= 0.6 is 0 Å². The molecule has 0 radical (unpaired) electrons. The first-order valence-corrected chi connectivity index (χ1v) is 4.75. The summed E-state index contributed by atoms with van der Waals surface area (Å²) in [7, 11) is 0.